The Balaban J connectivity index is 2.85. The number of nitrogens with two attached hydrogens (primary N) is 2. The first kappa shape index (κ1) is 16.2. The standard InChI is InChI=1S/C15H23N3O2/c1-11(2)13(12-6-4-3-5-7-12)8-18(9-14(16)19)10-15(17)20/h3-7,11,13H,8-10H2,1-2H3,(H2,16,19)(H2,17,20)/t13-/m1/s1. The average molecular weight is 277 g/mol. The van der Waals surface area contributed by atoms with E-state index >= 15 is 0 Å². The SMILES string of the molecule is CC(C)[C@@H](CN(CC(N)=O)CC(N)=O)c1ccccc1. The Morgan fingerprint density at radius 1 is 1.05 bits per heavy atom. The summed E-state index contributed by atoms with van der Waals surface area (Å²) in [6.45, 7) is 4.89. The first-order valence-corrected chi connectivity index (χ1v) is 6.74. The number of amides is 2. The van der Waals surface area contributed by atoms with Gasteiger partial charge < -0.3 is 11.5 Å². The van der Waals surface area contributed by atoms with Gasteiger partial charge in [-0.3, -0.25) is 14.5 Å². The summed E-state index contributed by atoms with van der Waals surface area (Å²) < 4.78 is 0. The van der Waals surface area contributed by atoms with E-state index in [9.17, 15) is 9.59 Å². The second-order valence-electron chi connectivity index (χ2n) is 5.36. The van der Waals surface area contributed by atoms with Crippen LogP contribution in [0, 0.1) is 5.92 Å². The third kappa shape index (κ3) is 5.40. The predicted molar refractivity (Wildman–Crippen MR) is 78.8 cm³/mol. The second-order valence-corrected chi connectivity index (χ2v) is 5.36. The van der Waals surface area contributed by atoms with Gasteiger partial charge in [0.05, 0.1) is 13.1 Å². The normalized spacial score (nSPS) is 12.6. The number of hydrogen-bond acceptors (Lipinski definition) is 3. The van der Waals surface area contributed by atoms with Crippen LogP contribution in [-0.2, 0) is 9.59 Å². The van der Waals surface area contributed by atoms with Gasteiger partial charge in [0.15, 0.2) is 0 Å². The van der Waals surface area contributed by atoms with Gasteiger partial charge in [-0.05, 0) is 17.4 Å². The van der Waals surface area contributed by atoms with Gasteiger partial charge >= 0.3 is 0 Å². The molecule has 1 aromatic rings. The van der Waals surface area contributed by atoms with Crippen LogP contribution in [0.2, 0.25) is 0 Å². The quantitative estimate of drug-likeness (QED) is 0.733. The van der Waals surface area contributed by atoms with Crippen LogP contribution < -0.4 is 11.5 Å². The zero-order valence-electron chi connectivity index (χ0n) is 12.1. The highest BCUT2D eigenvalue weighted by Gasteiger charge is 2.21. The fourth-order valence-corrected chi connectivity index (χ4v) is 2.31. The number of nitrogens with zero attached hydrogens (tertiary/aromatic N) is 1. The molecule has 0 unspecified atom stereocenters. The van der Waals surface area contributed by atoms with Gasteiger partial charge in [-0.2, -0.15) is 0 Å². The van der Waals surface area contributed by atoms with Crippen molar-refractivity contribution in [2.24, 2.45) is 17.4 Å². The number of carbonyl (C=O) groups is 2. The lowest BCUT2D eigenvalue weighted by Crippen LogP contribution is -2.42. The molecule has 1 rings (SSSR count). The minimum atomic E-state index is -0.457. The Morgan fingerprint density at radius 2 is 1.55 bits per heavy atom. The van der Waals surface area contributed by atoms with Crippen LogP contribution in [0.3, 0.4) is 0 Å². The zero-order chi connectivity index (χ0) is 15.1. The van der Waals surface area contributed by atoms with Gasteiger partial charge in [-0.15, -0.1) is 0 Å². The fourth-order valence-electron chi connectivity index (χ4n) is 2.31. The summed E-state index contributed by atoms with van der Waals surface area (Å²) in [5.74, 6) is -0.320. The Bertz CT molecular complexity index is 430. The smallest absolute Gasteiger partial charge is 0.231 e. The molecule has 1 aromatic carbocycles. The summed E-state index contributed by atoms with van der Waals surface area (Å²) in [4.78, 5) is 23.9. The minimum Gasteiger partial charge on any atom is -0.369 e. The average Bonchev–Trinajstić information content (AvgIpc) is 2.35. The van der Waals surface area contributed by atoms with E-state index < -0.39 is 11.8 Å². The van der Waals surface area contributed by atoms with Crippen molar-refractivity contribution in [3.63, 3.8) is 0 Å². The third-order valence-corrected chi connectivity index (χ3v) is 3.25. The molecule has 0 fully saturated rings. The summed E-state index contributed by atoms with van der Waals surface area (Å²) in [5.41, 5.74) is 11.6. The molecule has 0 radical (unpaired) electrons. The van der Waals surface area contributed by atoms with Crippen LogP contribution >= 0.6 is 0 Å². The number of benzene rings is 1. The van der Waals surface area contributed by atoms with E-state index in [-0.39, 0.29) is 19.0 Å². The van der Waals surface area contributed by atoms with Crippen LogP contribution in [-0.4, -0.2) is 36.3 Å². The predicted octanol–water partition coefficient (Wildman–Crippen LogP) is 0.699. The van der Waals surface area contributed by atoms with Gasteiger partial charge in [-0.25, -0.2) is 0 Å². The Labute approximate surface area is 119 Å². The Kier molecular flexibility index (Phi) is 6.18. The maximum absolute atomic E-state index is 11.1. The van der Waals surface area contributed by atoms with Crippen molar-refractivity contribution in [3.05, 3.63) is 35.9 Å². The van der Waals surface area contributed by atoms with Crippen molar-refractivity contribution < 1.29 is 9.59 Å². The summed E-state index contributed by atoms with van der Waals surface area (Å²) in [5, 5.41) is 0. The van der Waals surface area contributed by atoms with E-state index in [4.69, 9.17) is 11.5 Å². The van der Waals surface area contributed by atoms with Gasteiger partial charge in [0, 0.05) is 6.54 Å². The third-order valence-electron chi connectivity index (χ3n) is 3.25. The molecule has 0 aromatic heterocycles. The molecule has 1 atom stereocenters. The molecule has 0 aliphatic heterocycles. The zero-order valence-corrected chi connectivity index (χ0v) is 12.1. The van der Waals surface area contributed by atoms with Crippen LogP contribution in [0.25, 0.3) is 0 Å². The fraction of sp³-hybridized carbons (Fsp3) is 0.467. The molecule has 0 spiro atoms. The summed E-state index contributed by atoms with van der Waals surface area (Å²) in [6.07, 6.45) is 0. The highest BCUT2D eigenvalue weighted by atomic mass is 16.2. The largest absolute Gasteiger partial charge is 0.369 e. The molecule has 2 amide bonds. The van der Waals surface area contributed by atoms with Crippen molar-refractivity contribution in [2.45, 2.75) is 19.8 Å². The molecule has 0 saturated carbocycles. The molecule has 5 heteroatoms. The molecule has 0 bridgehead atoms. The van der Waals surface area contributed by atoms with Crippen LogP contribution in [0.1, 0.15) is 25.3 Å². The van der Waals surface area contributed by atoms with E-state index in [1.165, 1.54) is 5.56 Å². The van der Waals surface area contributed by atoms with Gasteiger partial charge in [-0.1, -0.05) is 44.2 Å². The molecule has 110 valence electrons. The van der Waals surface area contributed by atoms with Crippen molar-refractivity contribution >= 4 is 11.8 Å². The first-order valence-electron chi connectivity index (χ1n) is 6.74. The molecule has 0 aliphatic carbocycles. The maximum atomic E-state index is 11.1. The lowest BCUT2D eigenvalue weighted by Gasteiger charge is -2.28. The number of rotatable bonds is 8. The van der Waals surface area contributed by atoms with Gasteiger partial charge in [0.2, 0.25) is 11.8 Å². The lowest BCUT2D eigenvalue weighted by atomic mass is 9.88. The highest BCUT2D eigenvalue weighted by Crippen LogP contribution is 2.25. The molecule has 0 saturated heterocycles. The molecule has 0 heterocycles. The molecule has 4 N–H and O–H groups in total. The van der Waals surface area contributed by atoms with Gasteiger partial charge in [0.25, 0.3) is 0 Å². The second kappa shape index (κ2) is 7.65. The van der Waals surface area contributed by atoms with Crippen molar-refractivity contribution in [1.29, 1.82) is 0 Å². The maximum Gasteiger partial charge on any atom is 0.231 e. The van der Waals surface area contributed by atoms with E-state index in [2.05, 4.69) is 26.0 Å². The van der Waals surface area contributed by atoms with E-state index in [1.807, 2.05) is 18.2 Å². The lowest BCUT2D eigenvalue weighted by molar-refractivity contribution is -0.122. The van der Waals surface area contributed by atoms with Crippen molar-refractivity contribution in [1.82, 2.24) is 4.90 Å². The number of hydrogen-bond donors (Lipinski definition) is 2. The van der Waals surface area contributed by atoms with Crippen molar-refractivity contribution in [3.8, 4) is 0 Å². The topological polar surface area (TPSA) is 89.4 Å². The molecular weight excluding hydrogens is 254 g/mol. The Hall–Kier alpha value is -1.88. The first-order chi connectivity index (χ1) is 9.40. The monoisotopic (exact) mass is 277 g/mol. The molecular formula is C15H23N3O2. The van der Waals surface area contributed by atoms with Crippen LogP contribution in [0.4, 0.5) is 0 Å². The number of carbonyl (C=O) groups excluding carboxylic acids is 2. The molecule has 5 nitrogen and oxygen atoms in total. The summed E-state index contributed by atoms with van der Waals surface area (Å²) >= 11 is 0. The van der Waals surface area contributed by atoms with E-state index in [0.29, 0.717) is 12.5 Å². The Morgan fingerprint density at radius 3 is 1.95 bits per heavy atom. The van der Waals surface area contributed by atoms with Crippen molar-refractivity contribution in [2.75, 3.05) is 19.6 Å². The minimum absolute atomic E-state index is 0.0407. The van der Waals surface area contributed by atoms with E-state index in [0.717, 1.165) is 0 Å². The molecule has 0 aliphatic rings. The van der Waals surface area contributed by atoms with E-state index in [1.54, 1.807) is 4.90 Å². The highest BCUT2D eigenvalue weighted by molar-refractivity contribution is 5.79. The number of primary amides is 2. The summed E-state index contributed by atoms with van der Waals surface area (Å²) in [6, 6.07) is 10.0. The van der Waals surface area contributed by atoms with Crippen LogP contribution in [0.5, 0.6) is 0 Å². The molecule has 20 heavy (non-hydrogen) atoms. The van der Waals surface area contributed by atoms with Gasteiger partial charge in [0.1, 0.15) is 0 Å². The summed E-state index contributed by atoms with van der Waals surface area (Å²) in [7, 11) is 0. The van der Waals surface area contributed by atoms with Crippen LogP contribution in [0.15, 0.2) is 30.3 Å².